The Kier molecular flexibility index (Phi) is 4.50. The first kappa shape index (κ1) is 16.2. The fraction of sp³-hybridized carbons (Fsp3) is 0.389. The fourth-order valence-corrected chi connectivity index (χ4v) is 3.85. The molecule has 1 saturated carbocycles. The van der Waals surface area contributed by atoms with Crippen molar-refractivity contribution in [2.45, 2.75) is 37.6 Å². The molecule has 1 N–H and O–H groups in total. The second-order valence-corrected chi connectivity index (χ2v) is 7.32. The predicted octanol–water partition coefficient (Wildman–Crippen LogP) is 1.89. The van der Waals surface area contributed by atoms with Gasteiger partial charge in [0.25, 0.3) is 5.91 Å². The van der Waals surface area contributed by atoms with Gasteiger partial charge in [-0.05, 0) is 35.9 Å². The van der Waals surface area contributed by atoms with Crippen molar-refractivity contribution in [1.82, 2.24) is 15.2 Å². The zero-order chi connectivity index (χ0) is 17.2. The van der Waals surface area contributed by atoms with Gasteiger partial charge < -0.3 is 15.0 Å². The maximum Gasteiger partial charge on any atom is 0.251 e. The topological polar surface area (TPSA) is 71.5 Å². The molecule has 2 atom stereocenters. The minimum Gasteiger partial charge on any atom is -0.356 e. The molecule has 1 saturated heterocycles. The number of carbonyl (C=O) groups excluding carboxylic acids is 2. The number of carbonyl (C=O) groups is 2. The summed E-state index contributed by atoms with van der Waals surface area (Å²) in [6, 6.07) is 7.43. The molecule has 2 fully saturated rings. The van der Waals surface area contributed by atoms with Gasteiger partial charge in [-0.1, -0.05) is 12.1 Å². The van der Waals surface area contributed by atoms with E-state index in [2.05, 4.69) is 10.3 Å². The number of amides is 2. The summed E-state index contributed by atoms with van der Waals surface area (Å²) in [7, 11) is 0. The number of hydrogen-bond acceptors (Lipinski definition) is 5. The van der Waals surface area contributed by atoms with E-state index in [1.54, 1.807) is 23.7 Å². The van der Waals surface area contributed by atoms with Crippen LogP contribution in [0.4, 0.5) is 0 Å². The van der Waals surface area contributed by atoms with Gasteiger partial charge in [0.2, 0.25) is 5.91 Å². The van der Waals surface area contributed by atoms with Crippen LogP contribution in [0.3, 0.4) is 0 Å². The van der Waals surface area contributed by atoms with Crippen molar-refractivity contribution in [2.75, 3.05) is 6.61 Å². The van der Waals surface area contributed by atoms with Crippen LogP contribution in [0.2, 0.25) is 0 Å². The Bertz CT molecular complexity index is 746. The lowest BCUT2D eigenvalue weighted by atomic mass is 9.98. The standard InChI is InChI=1S/C18H19N3O3S/c22-15-11-24-17(18(23)20-10-14-4-2-8-25-14)16(21(15)13-5-6-13)12-3-1-7-19-9-12/h1-4,7-9,13,16-17H,5-6,10-11H2,(H,20,23). The van der Waals surface area contributed by atoms with Crippen LogP contribution in [-0.2, 0) is 20.9 Å². The van der Waals surface area contributed by atoms with Gasteiger partial charge in [0.15, 0.2) is 6.10 Å². The smallest absolute Gasteiger partial charge is 0.251 e. The van der Waals surface area contributed by atoms with Crippen molar-refractivity contribution in [1.29, 1.82) is 0 Å². The maximum absolute atomic E-state index is 12.8. The molecule has 0 spiro atoms. The SMILES string of the molecule is O=C(NCc1cccs1)C1OCC(=O)N(C2CC2)C1c1cccnc1. The monoisotopic (exact) mass is 357 g/mol. The Labute approximate surface area is 149 Å². The predicted molar refractivity (Wildman–Crippen MR) is 92.8 cm³/mol. The summed E-state index contributed by atoms with van der Waals surface area (Å²) in [5.41, 5.74) is 0.832. The molecule has 0 radical (unpaired) electrons. The molecule has 25 heavy (non-hydrogen) atoms. The summed E-state index contributed by atoms with van der Waals surface area (Å²) in [4.78, 5) is 32.3. The molecule has 2 aromatic heterocycles. The van der Waals surface area contributed by atoms with E-state index in [-0.39, 0.29) is 24.5 Å². The van der Waals surface area contributed by atoms with Gasteiger partial charge in [-0.2, -0.15) is 0 Å². The molecule has 1 aliphatic heterocycles. The first-order valence-corrected chi connectivity index (χ1v) is 9.25. The maximum atomic E-state index is 12.8. The van der Waals surface area contributed by atoms with E-state index in [1.807, 2.05) is 34.5 Å². The highest BCUT2D eigenvalue weighted by Gasteiger charge is 2.47. The second-order valence-electron chi connectivity index (χ2n) is 6.29. The van der Waals surface area contributed by atoms with Crippen LogP contribution in [-0.4, -0.2) is 40.5 Å². The number of nitrogens with zero attached hydrogens (tertiary/aromatic N) is 2. The molecule has 2 aliphatic rings. The van der Waals surface area contributed by atoms with E-state index in [1.165, 1.54) is 0 Å². The van der Waals surface area contributed by atoms with Gasteiger partial charge in [0.05, 0.1) is 12.6 Å². The fourth-order valence-electron chi connectivity index (χ4n) is 3.20. The minimum absolute atomic E-state index is 0.0512. The van der Waals surface area contributed by atoms with Gasteiger partial charge in [-0.3, -0.25) is 14.6 Å². The molecule has 2 aromatic rings. The van der Waals surface area contributed by atoms with Gasteiger partial charge in [0.1, 0.15) is 6.61 Å². The third-order valence-electron chi connectivity index (χ3n) is 4.50. The largest absolute Gasteiger partial charge is 0.356 e. The average molecular weight is 357 g/mol. The number of ether oxygens (including phenoxy) is 1. The molecule has 7 heteroatoms. The van der Waals surface area contributed by atoms with E-state index in [0.717, 1.165) is 23.3 Å². The van der Waals surface area contributed by atoms with Gasteiger partial charge in [0, 0.05) is 23.3 Å². The molecule has 6 nitrogen and oxygen atoms in total. The Morgan fingerprint density at radius 1 is 1.36 bits per heavy atom. The molecule has 1 aliphatic carbocycles. The number of hydrogen-bond donors (Lipinski definition) is 1. The average Bonchev–Trinajstić information content (AvgIpc) is 3.34. The van der Waals surface area contributed by atoms with Crippen LogP contribution in [0.25, 0.3) is 0 Å². The van der Waals surface area contributed by atoms with Gasteiger partial charge in [-0.25, -0.2) is 0 Å². The van der Waals surface area contributed by atoms with Crippen LogP contribution in [0.1, 0.15) is 29.3 Å². The van der Waals surface area contributed by atoms with Crippen molar-refractivity contribution in [2.24, 2.45) is 0 Å². The highest BCUT2D eigenvalue weighted by Crippen LogP contribution is 2.39. The quantitative estimate of drug-likeness (QED) is 0.887. The highest BCUT2D eigenvalue weighted by molar-refractivity contribution is 7.09. The number of pyridine rings is 1. The summed E-state index contributed by atoms with van der Waals surface area (Å²) in [6.07, 6.45) is 4.63. The van der Waals surface area contributed by atoms with Crippen molar-refractivity contribution < 1.29 is 14.3 Å². The van der Waals surface area contributed by atoms with Crippen LogP contribution in [0.5, 0.6) is 0 Å². The Morgan fingerprint density at radius 3 is 2.92 bits per heavy atom. The zero-order valence-electron chi connectivity index (χ0n) is 13.6. The molecule has 0 aromatic carbocycles. The summed E-state index contributed by atoms with van der Waals surface area (Å²) in [6.45, 7) is 0.415. The molecule has 0 bridgehead atoms. The molecule has 4 rings (SSSR count). The van der Waals surface area contributed by atoms with Crippen LogP contribution < -0.4 is 5.32 Å². The number of rotatable bonds is 5. The van der Waals surface area contributed by atoms with Gasteiger partial charge in [-0.15, -0.1) is 11.3 Å². The Morgan fingerprint density at radius 2 is 2.24 bits per heavy atom. The van der Waals surface area contributed by atoms with Crippen LogP contribution in [0, 0.1) is 0 Å². The van der Waals surface area contributed by atoms with Crippen molar-refractivity contribution in [3.8, 4) is 0 Å². The summed E-state index contributed by atoms with van der Waals surface area (Å²) < 4.78 is 5.67. The Hall–Kier alpha value is -2.25. The summed E-state index contributed by atoms with van der Waals surface area (Å²) in [5, 5.41) is 4.91. The number of nitrogens with one attached hydrogen (secondary N) is 1. The summed E-state index contributed by atoms with van der Waals surface area (Å²) >= 11 is 1.59. The molecule has 2 unspecified atom stereocenters. The number of thiophene rings is 1. The van der Waals surface area contributed by atoms with Crippen molar-refractivity contribution >= 4 is 23.2 Å². The minimum atomic E-state index is -0.720. The lowest BCUT2D eigenvalue weighted by Crippen LogP contribution is -2.55. The van der Waals surface area contributed by atoms with E-state index in [9.17, 15) is 9.59 Å². The molecular formula is C18H19N3O3S. The van der Waals surface area contributed by atoms with E-state index >= 15 is 0 Å². The van der Waals surface area contributed by atoms with E-state index in [4.69, 9.17) is 4.74 Å². The lowest BCUT2D eigenvalue weighted by molar-refractivity contribution is -0.165. The van der Waals surface area contributed by atoms with Gasteiger partial charge >= 0.3 is 0 Å². The van der Waals surface area contributed by atoms with Crippen LogP contribution in [0.15, 0.2) is 42.0 Å². The molecule has 3 heterocycles. The zero-order valence-corrected chi connectivity index (χ0v) is 14.4. The third kappa shape index (κ3) is 3.43. The van der Waals surface area contributed by atoms with Crippen molar-refractivity contribution in [3.63, 3.8) is 0 Å². The van der Waals surface area contributed by atoms with Crippen LogP contribution >= 0.6 is 11.3 Å². The summed E-state index contributed by atoms with van der Waals surface area (Å²) in [5.74, 6) is -0.251. The number of aromatic nitrogens is 1. The highest BCUT2D eigenvalue weighted by atomic mass is 32.1. The molecular weight excluding hydrogens is 338 g/mol. The third-order valence-corrected chi connectivity index (χ3v) is 5.38. The lowest BCUT2D eigenvalue weighted by Gasteiger charge is -2.40. The Balaban J connectivity index is 1.57. The first-order chi connectivity index (χ1) is 12.2. The van der Waals surface area contributed by atoms with Crippen molar-refractivity contribution in [3.05, 3.63) is 52.5 Å². The molecule has 2 amide bonds. The van der Waals surface area contributed by atoms with E-state index in [0.29, 0.717) is 6.54 Å². The van der Waals surface area contributed by atoms with E-state index < -0.39 is 12.1 Å². The molecule has 130 valence electrons. The first-order valence-electron chi connectivity index (χ1n) is 8.37. The normalized spacial score (nSPS) is 23.5. The second kappa shape index (κ2) is 6.93. The number of morpholine rings is 1.